The first-order valence-electron chi connectivity index (χ1n) is 12.5. The van der Waals surface area contributed by atoms with E-state index in [1.807, 2.05) is 24.3 Å². The lowest BCUT2D eigenvalue weighted by Gasteiger charge is -2.39. The average molecular weight is 538 g/mol. The van der Waals surface area contributed by atoms with E-state index in [0.29, 0.717) is 35.9 Å². The Labute approximate surface area is 224 Å². The first kappa shape index (κ1) is 26.5. The molecule has 3 aromatic rings. The molecule has 0 unspecified atom stereocenters. The van der Waals surface area contributed by atoms with Crippen LogP contribution in [-0.4, -0.2) is 74.9 Å². The number of rotatable bonds is 9. The van der Waals surface area contributed by atoms with Crippen LogP contribution in [0.25, 0.3) is 16.6 Å². The zero-order valence-electron chi connectivity index (χ0n) is 21.1. The topological polar surface area (TPSA) is 139 Å². The standard InChI is InChI=1S/C27H31N5O5S/c1-15(18-9-10-28-20-5-8-25(36-2)32-26(18)20)21-6-4-19(22(37-21)11-17(34)13-33)29-12-16-3-7-23-27(30-16)31-24(35)14-38-23/h3,5,7-10,17,19,21-22,29,33-34H,1,4,6,11-14H2,2H3,(H,30,31,35)/t17-,19+,21-,22+/m0/s1. The fourth-order valence-electron chi connectivity index (χ4n) is 4.84. The molecule has 38 heavy (non-hydrogen) atoms. The predicted octanol–water partition coefficient (Wildman–Crippen LogP) is 2.54. The highest BCUT2D eigenvalue weighted by atomic mass is 32.2. The molecule has 5 rings (SSSR count). The molecule has 0 bridgehead atoms. The summed E-state index contributed by atoms with van der Waals surface area (Å²) in [6.07, 6.45) is 1.91. The fourth-order valence-corrected chi connectivity index (χ4v) is 5.59. The highest BCUT2D eigenvalue weighted by molar-refractivity contribution is 8.00. The Kier molecular flexibility index (Phi) is 8.20. The van der Waals surface area contributed by atoms with Gasteiger partial charge in [-0.15, -0.1) is 11.8 Å². The second kappa shape index (κ2) is 11.7. The van der Waals surface area contributed by atoms with Crippen LogP contribution in [-0.2, 0) is 16.1 Å². The van der Waals surface area contributed by atoms with Crippen molar-refractivity contribution in [2.75, 3.05) is 24.8 Å². The molecule has 3 aromatic heterocycles. The van der Waals surface area contributed by atoms with Crippen LogP contribution in [0.2, 0.25) is 0 Å². The third kappa shape index (κ3) is 5.82. The number of ether oxygens (including phenoxy) is 2. The van der Waals surface area contributed by atoms with Gasteiger partial charge in [-0.3, -0.25) is 9.78 Å². The molecule has 10 nitrogen and oxygen atoms in total. The summed E-state index contributed by atoms with van der Waals surface area (Å²) in [4.78, 5) is 26.3. The van der Waals surface area contributed by atoms with Crippen LogP contribution in [0.3, 0.4) is 0 Å². The smallest absolute Gasteiger partial charge is 0.235 e. The van der Waals surface area contributed by atoms with Gasteiger partial charge < -0.3 is 30.3 Å². The third-order valence-corrected chi connectivity index (χ3v) is 7.87. The number of aliphatic hydroxyl groups is 2. The van der Waals surface area contributed by atoms with Gasteiger partial charge in [-0.2, -0.15) is 0 Å². The molecule has 11 heteroatoms. The quantitative estimate of drug-likeness (QED) is 0.322. The van der Waals surface area contributed by atoms with Crippen molar-refractivity contribution in [3.8, 4) is 5.88 Å². The van der Waals surface area contributed by atoms with Crippen molar-refractivity contribution in [3.63, 3.8) is 0 Å². The van der Waals surface area contributed by atoms with Gasteiger partial charge in [-0.25, -0.2) is 9.97 Å². The van der Waals surface area contributed by atoms with Gasteiger partial charge in [-0.1, -0.05) is 6.58 Å². The maximum Gasteiger partial charge on any atom is 0.235 e. The second-order valence-electron chi connectivity index (χ2n) is 9.39. The number of carbonyl (C=O) groups excluding carboxylic acids is 1. The molecular weight excluding hydrogens is 506 g/mol. The lowest BCUT2D eigenvalue weighted by Crippen LogP contribution is -2.48. The summed E-state index contributed by atoms with van der Waals surface area (Å²) in [5.41, 5.74) is 3.84. The molecule has 5 heterocycles. The first-order valence-corrected chi connectivity index (χ1v) is 13.5. The Balaban J connectivity index is 1.31. The molecule has 2 aliphatic rings. The highest BCUT2D eigenvalue weighted by Gasteiger charge is 2.34. The molecule has 1 fully saturated rings. The summed E-state index contributed by atoms with van der Waals surface area (Å²) in [6.45, 7) is 4.46. The van der Waals surface area contributed by atoms with Gasteiger partial charge in [-0.05, 0) is 42.7 Å². The predicted molar refractivity (Wildman–Crippen MR) is 145 cm³/mol. The number of thioether (sulfide) groups is 1. The summed E-state index contributed by atoms with van der Waals surface area (Å²) in [7, 11) is 1.57. The van der Waals surface area contributed by atoms with E-state index in [0.717, 1.165) is 33.7 Å². The van der Waals surface area contributed by atoms with Gasteiger partial charge in [0.05, 0.1) is 53.9 Å². The van der Waals surface area contributed by atoms with Crippen LogP contribution >= 0.6 is 11.8 Å². The Morgan fingerprint density at radius 3 is 2.97 bits per heavy atom. The van der Waals surface area contributed by atoms with Crippen LogP contribution < -0.4 is 15.4 Å². The van der Waals surface area contributed by atoms with Gasteiger partial charge in [0.25, 0.3) is 0 Å². The lowest BCUT2D eigenvalue weighted by molar-refractivity contribution is -0.113. The number of fused-ring (bicyclic) bond motifs is 2. The molecule has 0 saturated carbocycles. The van der Waals surface area contributed by atoms with E-state index in [-0.39, 0.29) is 37.2 Å². The van der Waals surface area contributed by atoms with E-state index >= 15 is 0 Å². The second-order valence-corrected chi connectivity index (χ2v) is 10.4. The van der Waals surface area contributed by atoms with E-state index in [2.05, 4.69) is 32.2 Å². The molecule has 4 N–H and O–H groups in total. The number of nitrogens with one attached hydrogen (secondary N) is 2. The van der Waals surface area contributed by atoms with E-state index < -0.39 is 6.10 Å². The molecule has 200 valence electrons. The summed E-state index contributed by atoms with van der Waals surface area (Å²) >= 11 is 1.47. The van der Waals surface area contributed by atoms with Gasteiger partial charge in [0.2, 0.25) is 11.8 Å². The number of anilines is 1. The summed E-state index contributed by atoms with van der Waals surface area (Å²) in [5, 5.41) is 26.1. The molecular formula is C27H31N5O5S. The maximum atomic E-state index is 11.7. The SMILES string of the molecule is C=C(c1ccnc2ccc(OC)nc12)[C@@H]1CC[C@@H](NCc2ccc3c(n2)NC(=O)CS3)[C@@H](C[C@H](O)CO)O1. The number of methoxy groups -OCH3 is 1. The van der Waals surface area contributed by atoms with Gasteiger partial charge in [0.15, 0.2) is 0 Å². The van der Waals surface area contributed by atoms with Crippen molar-refractivity contribution >= 4 is 40.1 Å². The minimum Gasteiger partial charge on any atom is -0.481 e. The minimum absolute atomic E-state index is 0.0549. The maximum absolute atomic E-state index is 11.7. The van der Waals surface area contributed by atoms with Crippen molar-refractivity contribution in [3.05, 3.63) is 54.4 Å². The van der Waals surface area contributed by atoms with E-state index in [4.69, 9.17) is 9.47 Å². The number of nitrogens with zero attached hydrogens (tertiary/aromatic N) is 3. The van der Waals surface area contributed by atoms with Crippen molar-refractivity contribution in [1.29, 1.82) is 0 Å². The van der Waals surface area contributed by atoms with Crippen LogP contribution in [0.5, 0.6) is 5.88 Å². The van der Waals surface area contributed by atoms with Gasteiger partial charge >= 0.3 is 0 Å². The molecule has 4 atom stereocenters. The molecule has 0 aromatic carbocycles. The van der Waals surface area contributed by atoms with Crippen LogP contribution in [0.4, 0.5) is 5.82 Å². The van der Waals surface area contributed by atoms with Crippen molar-refractivity contribution in [2.24, 2.45) is 0 Å². The first-order chi connectivity index (χ1) is 18.4. The van der Waals surface area contributed by atoms with E-state index in [1.54, 1.807) is 19.4 Å². The fraction of sp³-hybridized carbons (Fsp3) is 0.407. The third-order valence-electron chi connectivity index (χ3n) is 6.82. The summed E-state index contributed by atoms with van der Waals surface area (Å²) < 4.78 is 11.8. The van der Waals surface area contributed by atoms with Crippen molar-refractivity contribution < 1.29 is 24.5 Å². The van der Waals surface area contributed by atoms with Crippen LogP contribution in [0.1, 0.15) is 30.5 Å². The van der Waals surface area contributed by atoms with E-state index in [1.165, 1.54) is 11.8 Å². The van der Waals surface area contributed by atoms with Crippen LogP contribution in [0.15, 0.2) is 48.0 Å². The number of aliphatic hydroxyl groups excluding tert-OH is 2. The molecule has 1 saturated heterocycles. The van der Waals surface area contributed by atoms with Crippen molar-refractivity contribution in [2.45, 2.75) is 55.1 Å². The molecule has 1 amide bonds. The van der Waals surface area contributed by atoms with Crippen molar-refractivity contribution in [1.82, 2.24) is 20.3 Å². The summed E-state index contributed by atoms with van der Waals surface area (Å²) in [5.74, 6) is 1.42. The number of amides is 1. The molecule has 0 radical (unpaired) electrons. The minimum atomic E-state index is -0.905. The normalized spacial score (nSPS) is 22.0. The summed E-state index contributed by atoms with van der Waals surface area (Å²) in [6, 6.07) is 9.34. The number of carbonyl (C=O) groups is 1. The van der Waals surface area contributed by atoms with Gasteiger partial charge in [0.1, 0.15) is 11.3 Å². The molecule has 0 aliphatic carbocycles. The Morgan fingerprint density at radius 2 is 2.16 bits per heavy atom. The molecule has 0 spiro atoms. The Hall–Kier alpha value is -3.09. The van der Waals surface area contributed by atoms with Gasteiger partial charge in [0, 0.05) is 36.8 Å². The highest BCUT2D eigenvalue weighted by Crippen LogP contribution is 2.34. The van der Waals surface area contributed by atoms with Crippen LogP contribution in [0, 0.1) is 0 Å². The number of hydrogen-bond acceptors (Lipinski definition) is 10. The molecule has 2 aliphatic heterocycles. The average Bonchev–Trinajstić information content (AvgIpc) is 2.95. The number of pyridine rings is 3. The monoisotopic (exact) mass is 537 g/mol. The largest absolute Gasteiger partial charge is 0.481 e. The Bertz CT molecular complexity index is 1340. The number of aromatic nitrogens is 3. The Morgan fingerprint density at radius 1 is 1.29 bits per heavy atom. The lowest BCUT2D eigenvalue weighted by atomic mass is 9.89. The zero-order valence-corrected chi connectivity index (χ0v) is 21.9. The zero-order chi connectivity index (χ0) is 26.6. The number of hydrogen-bond donors (Lipinski definition) is 4. The van der Waals surface area contributed by atoms with E-state index in [9.17, 15) is 15.0 Å².